The number of rotatable bonds is 4. The molecular formula is C21H14N4O2. The highest BCUT2D eigenvalue weighted by Crippen LogP contribution is 2.26. The second-order valence-electron chi connectivity index (χ2n) is 5.88. The third-order valence-corrected chi connectivity index (χ3v) is 4.00. The number of allylic oxidation sites excluding steroid dienone is 1. The molecule has 0 saturated heterocycles. The van der Waals surface area contributed by atoms with Gasteiger partial charge < -0.3 is 10.4 Å². The first-order valence-electron chi connectivity index (χ1n) is 8.04. The Bertz CT molecular complexity index is 1130. The van der Waals surface area contributed by atoms with Gasteiger partial charge in [-0.2, -0.15) is 10.5 Å². The molecule has 6 heteroatoms. The molecule has 1 heterocycles. The summed E-state index contributed by atoms with van der Waals surface area (Å²) in [5.41, 5.74) is 3.77. The molecule has 6 nitrogen and oxygen atoms in total. The Balaban J connectivity index is 1.99. The van der Waals surface area contributed by atoms with Gasteiger partial charge >= 0.3 is 5.97 Å². The van der Waals surface area contributed by atoms with Crippen molar-refractivity contribution < 1.29 is 9.90 Å². The molecule has 2 N–H and O–H groups in total. The number of hydrogen-bond donors (Lipinski definition) is 2. The Morgan fingerprint density at radius 2 is 1.81 bits per heavy atom. The fourth-order valence-electron chi connectivity index (χ4n) is 2.65. The molecule has 0 unspecified atom stereocenters. The van der Waals surface area contributed by atoms with E-state index < -0.39 is 5.97 Å². The molecular weight excluding hydrogens is 340 g/mol. The molecule has 27 heavy (non-hydrogen) atoms. The van der Waals surface area contributed by atoms with Crippen LogP contribution in [-0.2, 0) is 0 Å². The first kappa shape index (κ1) is 17.7. The van der Waals surface area contributed by atoms with E-state index >= 15 is 0 Å². The number of benzene rings is 2. The van der Waals surface area contributed by atoms with Gasteiger partial charge in [0.15, 0.2) is 0 Å². The predicted octanol–water partition coefficient (Wildman–Crippen LogP) is 4.25. The normalized spacial score (nSPS) is 9.89. The molecule has 0 aliphatic carbocycles. The van der Waals surface area contributed by atoms with Gasteiger partial charge in [0.05, 0.1) is 16.8 Å². The molecule has 0 amide bonds. The first-order valence-corrected chi connectivity index (χ1v) is 8.04. The van der Waals surface area contributed by atoms with Gasteiger partial charge in [0.1, 0.15) is 17.7 Å². The third kappa shape index (κ3) is 3.76. The van der Waals surface area contributed by atoms with E-state index in [2.05, 4.69) is 10.3 Å². The minimum Gasteiger partial charge on any atom is -0.478 e. The number of anilines is 1. The number of aromatic nitrogens is 1. The number of nitrogens with one attached hydrogen (secondary N) is 1. The quantitative estimate of drug-likeness (QED) is 0.678. The monoisotopic (exact) mass is 354 g/mol. The van der Waals surface area contributed by atoms with Crippen LogP contribution < -0.4 is 5.32 Å². The highest BCUT2D eigenvalue weighted by molar-refractivity contribution is 6.04. The summed E-state index contributed by atoms with van der Waals surface area (Å²) < 4.78 is 0. The molecule has 2 aromatic carbocycles. The van der Waals surface area contributed by atoms with E-state index in [1.54, 1.807) is 42.5 Å². The zero-order valence-electron chi connectivity index (χ0n) is 14.4. The highest BCUT2D eigenvalue weighted by Gasteiger charge is 2.13. The summed E-state index contributed by atoms with van der Waals surface area (Å²) in [6.07, 6.45) is 1.33. The second kappa shape index (κ2) is 7.38. The van der Waals surface area contributed by atoms with Crippen LogP contribution in [0, 0.1) is 29.6 Å². The van der Waals surface area contributed by atoms with Crippen LogP contribution in [-0.4, -0.2) is 16.1 Å². The summed E-state index contributed by atoms with van der Waals surface area (Å²) in [5.74, 6) is -1.00. The highest BCUT2D eigenvalue weighted by atomic mass is 16.4. The minimum atomic E-state index is -1.00. The fraction of sp³-hybridized carbons (Fsp3) is 0.0476. The molecule has 130 valence electrons. The van der Waals surface area contributed by atoms with Crippen LogP contribution in [0.2, 0.25) is 0 Å². The van der Waals surface area contributed by atoms with Gasteiger partial charge in [-0.3, -0.25) is 0 Å². The van der Waals surface area contributed by atoms with E-state index in [4.69, 9.17) is 10.5 Å². The van der Waals surface area contributed by atoms with E-state index in [-0.39, 0.29) is 11.1 Å². The average Bonchev–Trinajstić information content (AvgIpc) is 2.68. The Labute approximate surface area is 155 Å². The van der Waals surface area contributed by atoms with Crippen molar-refractivity contribution in [1.82, 2.24) is 4.98 Å². The predicted molar refractivity (Wildman–Crippen MR) is 102 cm³/mol. The van der Waals surface area contributed by atoms with Crippen LogP contribution in [0.1, 0.15) is 15.9 Å². The summed E-state index contributed by atoms with van der Waals surface area (Å²) in [7, 11) is 0. The maximum atomic E-state index is 11.7. The third-order valence-electron chi connectivity index (χ3n) is 4.00. The molecule has 3 aromatic rings. The number of carbonyl (C=O) groups is 1. The van der Waals surface area contributed by atoms with Gasteiger partial charge in [-0.15, -0.1) is 0 Å². The van der Waals surface area contributed by atoms with Gasteiger partial charge in [-0.05, 0) is 37.3 Å². The van der Waals surface area contributed by atoms with E-state index in [1.807, 2.05) is 25.1 Å². The Hall–Kier alpha value is -4.16. The van der Waals surface area contributed by atoms with Gasteiger partial charge in [-0.1, -0.05) is 23.8 Å². The topological polar surface area (TPSA) is 110 Å². The lowest BCUT2D eigenvalue weighted by molar-refractivity contribution is 0.0699. The van der Waals surface area contributed by atoms with Gasteiger partial charge in [0.2, 0.25) is 0 Å². The van der Waals surface area contributed by atoms with E-state index in [0.717, 1.165) is 11.1 Å². The summed E-state index contributed by atoms with van der Waals surface area (Å²) in [5, 5.41) is 30.5. The van der Waals surface area contributed by atoms with Gasteiger partial charge in [-0.25, -0.2) is 9.78 Å². The van der Waals surface area contributed by atoms with E-state index in [9.17, 15) is 9.90 Å². The standard InChI is InChI=1S/C21H14N4O2/c1-13-2-7-19-17(8-13)18(21(26)27)9-20(25-19)15-3-5-16(6-4-15)24-12-14(10-22)11-23/h2-9,12,24H,1H3,(H,26,27). The Morgan fingerprint density at radius 3 is 2.44 bits per heavy atom. The fourth-order valence-corrected chi connectivity index (χ4v) is 2.65. The second-order valence-corrected chi connectivity index (χ2v) is 5.88. The van der Waals surface area contributed by atoms with Crippen molar-refractivity contribution >= 4 is 22.6 Å². The van der Waals surface area contributed by atoms with E-state index in [0.29, 0.717) is 22.3 Å². The van der Waals surface area contributed by atoms with Crippen molar-refractivity contribution in [3.8, 4) is 23.4 Å². The van der Waals surface area contributed by atoms with Crippen molar-refractivity contribution in [2.45, 2.75) is 6.92 Å². The Kier molecular flexibility index (Phi) is 4.83. The van der Waals surface area contributed by atoms with Crippen molar-refractivity contribution in [2.75, 3.05) is 5.32 Å². The van der Waals surface area contributed by atoms with Crippen LogP contribution in [0.5, 0.6) is 0 Å². The summed E-state index contributed by atoms with van der Waals surface area (Å²) >= 11 is 0. The van der Waals surface area contributed by atoms with Crippen LogP contribution in [0.4, 0.5) is 5.69 Å². The average molecular weight is 354 g/mol. The molecule has 0 radical (unpaired) electrons. The Morgan fingerprint density at radius 1 is 1.11 bits per heavy atom. The molecule has 0 fully saturated rings. The molecule has 0 saturated carbocycles. The van der Waals surface area contributed by atoms with Crippen LogP contribution in [0.3, 0.4) is 0 Å². The van der Waals surface area contributed by atoms with Gasteiger partial charge in [0.25, 0.3) is 0 Å². The number of nitriles is 2. The zero-order valence-corrected chi connectivity index (χ0v) is 14.4. The van der Waals surface area contributed by atoms with E-state index in [1.165, 1.54) is 6.20 Å². The van der Waals surface area contributed by atoms with Crippen LogP contribution in [0.25, 0.3) is 22.2 Å². The lowest BCUT2D eigenvalue weighted by Crippen LogP contribution is -2.00. The largest absolute Gasteiger partial charge is 0.478 e. The molecule has 0 spiro atoms. The summed E-state index contributed by atoms with van der Waals surface area (Å²) in [6.45, 7) is 1.91. The number of hydrogen-bond acceptors (Lipinski definition) is 5. The SMILES string of the molecule is Cc1ccc2nc(-c3ccc(NC=C(C#N)C#N)cc3)cc(C(=O)O)c2c1. The first-order chi connectivity index (χ1) is 13.0. The lowest BCUT2D eigenvalue weighted by Gasteiger charge is -2.09. The maximum absolute atomic E-state index is 11.7. The molecule has 0 aliphatic rings. The maximum Gasteiger partial charge on any atom is 0.336 e. The lowest BCUT2D eigenvalue weighted by atomic mass is 10.0. The zero-order chi connectivity index (χ0) is 19.4. The van der Waals surface area contributed by atoms with Crippen LogP contribution in [0.15, 0.2) is 60.3 Å². The summed E-state index contributed by atoms with van der Waals surface area (Å²) in [6, 6.07) is 17.7. The molecule has 3 rings (SSSR count). The number of nitrogens with zero attached hydrogens (tertiary/aromatic N) is 3. The van der Waals surface area contributed by atoms with Crippen molar-refractivity contribution in [3.05, 3.63) is 71.4 Å². The number of fused-ring (bicyclic) bond motifs is 1. The molecule has 0 aliphatic heterocycles. The van der Waals surface area contributed by atoms with Crippen LogP contribution >= 0.6 is 0 Å². The summed E-state index contributed by atoms with van der Waals surface area (Å²) in [4.78, 5) is 16.3. The molecule has 1 aromatic heterocycles. The molecule has 0 atom stereocenters. The van der Waals surface area contributed by atoms with Crippen molar-refractivity contribution in [1.29, 1.82) is 10.5 Å². The minimum absolute atomic E-state index is 0.0309. The smallest absolute Gasteiger partial charge is 0.336 e. The number of aromatic carboxylic acids is 1. The molecule has 0 bridgehead atoms. The number of carboxylic acid groups (broad SMARTS) is 1. The van der Waals surface area contributed by atoms with Gasteiger partial charge in [0, 0.05) is 22.8 Å². The number of carboxylic acids is 1. The number of aryl methyl sites for hydroxylation is 1. The van der Waals surface area contributed by atoms with Crippen molar-refractivity contribution in [2.24, 2.45) is 0 Å². The van der Waals surface area contributed by atoms with Crippen molar-refractivity contribution in [3.63, 3.8) is 0 Å². The number of pyridine rings is 1.